The molecule has 1 saturated carbocycles. The van der Waals surface area contributed by atoms with Gasteiger partial charge in [0, 0.05) is 29.4 Å². The summed E-state index contributed by atoms with van der Waals surface area (Å²) in [7, 11) is -3.70. The number of hydrogen-bond acceptors (Lipinski definition) is 8. The van der Waals surface area contributed by atoms with Crippen LogP contribution in [0.1, 0.15) is 32.1 Å². The maximum Gasteiger partial charge on any atom is 0.263 e. The number of rotatable bonds is 7. The van der Waals surface area contributed by atoms with Gasteiger partial charge in [0.15, 0.2) is 10.8 Å². The van der Waals surface area contributed by atoms with Crippen LogP contribution in [0.3, 0.4) is 0 Å². The minimum atomic E-state index is -3.70. The van der Waals surface area contributed by atoms with Crippen LogP contribution in [0.25, 0.3) is 5.65 Å². The fourth-order valence-electron chi connectivity index (χ4n) is 3.71. The Hall–Kier alpha value is -3.18. The monoisotopic (exact) mass is 470 g/mol. The second kappa shape index (κ2) is 8.75. The van der Waals surface area contributed by atoms with E-state index in [1.807, 2.05) is 12.1 Å². The van der Waals surface area contributed by atoms with E-state index in [0.717, 1.165) is 12.8 Å². The van der Waals surface area contributed by atoms with E-state index in [1.54, 1.807) is 46.6 Å². The molecule has 1 aliphatic rings. The van der Waals surface area contributed by atoms with E-state index in [2.05, 4.69) is 25.1 Å². The molecule has 0 bridgehead atoms. The van der Waals surface area contributed by atoms with E-state index in [4.69, 9.17) is 4.74 Å². The second-order valence-electron chi connectivity index (χ2n) is 7.55. The maximum atomic E-state index is 12.5. The van der Waals surface area contributed by atoms with Crippen molar-refractivity contribution in [3.63, 3.8) is 0 Å². The molecule has 0 unspecified atom stereocenters. The van der Waals surface area contributed by atoms with Crippen molar-refractivity contribution in [2.75, 3.05) is 10.0 Å². The van der Waals surface area contributed by atoms with E-state index in [0.29, 0.717) is 28.2 Å². The number of sulfonamides is 1. The minimum absolute atomic E-state index is 0.151. The first-order valence-corrected chi connectivity index (χ1v) is 12.7. The quantitative estimate of drug-likeness (QED) is 0.411. The molecule has 4 aromatic rings. The number of anilines is 3. The van der Waals surface area contributed by atoms with Crippen LogP contribution >= 0.6 is 11.3 Å². The average Bonchev–Trinajstić information content (AvgIpc) is 3.47. The van der Waals surface area contributed by atoms with Crippen LogP contribution in [-0.4, -0.2) is 34.1 Å². The number of nitrogens with one attached hydrogen (secondary N) is 2. The lowest BCUT2D eigenvalue weighted by Gasteiger charge is -2.22. The number of aromatic nitrogens is 4. The van der Waals surface area contributed by atoms with Crippen LogP contribution < -0.4 is 14.8 Å². The smallest absolute Gasteiger partial charge is 0.263 e. The van der Waals surface area contributed by atoms with Crippen molar-refractivity contribution in [1.82, 2.24) is 19.6 Å². The van der Waals surface area contributed by atoms with Crippen LogP contribution in [0, 0.1) is 0 Å². The summed E-state index contributed by atoms with van der Waals surface area (Å²) in [4.78, 5) is 8.67. The van der Waals surface area contributed by atoms with Gasteiger partial charge in [-0.2, -0.15) is 14.6 Å². The SMILES string of the molecule is O=S(=O)(Nc1nccs1)c1ccc(Nc2cc(OC3CCCCC3)nc3ccnn23)cc1. The number of benzene rings is 1. The molecule has 32 heavy (non-hydrogen) atoms. The molecule has 166 valence electrons. The topological polar surface area (TPSA) is 111 Å². The molecule has 2 N–H and O–H groups in total. The van der Waals surface area contributed by atoms with Gasteiger partial charge in [0.2, 0.25) is 5.88 Å². The van der Waals surface area contributed by atoms with Gasteiger partial charge < -0.3 is 10.1 Å². The molecule has 1 aromatic carbocycles. The number of thiazole rings is 1. The summed E-state index contributed by atoms with van der Waals surface area (Å²) in [6, 6.07) is 10.1. The first-order chi connectivity index (χ1) is 15.6. The molecular formula is C21H22N6O3S2. The highest BCUT2D eigenvalue weighted by molar-refractivity contribution is 7.93. The molecule has 3 aromatic heterocycles. The molecule has 1 fully saturated rings. The van der Waals surface area contributed by atoms with Crippen LogP contribution in [0.4, 0.5) is 16.6 Å². The third kappa shape index (κ3) is 4.53. The van der Waals surface area contributed by atoms with Crippen LogP contribution in [-0.2, 0) is 10.0 Å². The largest absolute Gasteiger partial charge is 0.474 e. The average molecular weight is 471 g/mol. The van der Waals surface area contributed by atoms with Gasteiger partial charge in [-0.15, -0.1) is 11.3 Å². The highest BCUT2D eigenvalue weighted by Crippen LogP contribution is 2.27. The van der Waals surface area contributed by atoms with Crippen molar-refractivity contribution in [2.45, 2.75) is 43.1 Å². The Kier molecular flexibility index (Phi) is 5.66. The zero-order valence-corrected chi connectivity index (χ0v) is 18.8. The lowest BCUT2D eigenvalue weighted by molar-refractivity contribution is 0.149. The van der Waals surface area contributed by atoms with Gasteiger partial charge in [-0.1, -0.05) is 6.42 Å². The predicted molar refractivity (Wildman–Crippen MR) is 123 cm³/mol. The molecule has 5 rings (SSSR count). The van der Waals surface area contributed by atoms with Crippen molar-refractivity contribution in [1.29, 1.82) is 0 Å². The van der Waals surface area contributed by atoms with Crippen molar-refractivity contribution >= 4 is 43.6 Å². The van der Waals surface area contributed by atoms with Gasteiger partial charge in [-0.05, 0) is 49.9 Å². The van der Waals surface area contributed by atoms with E-state index < -0.39 is 10.0 Å². The highest BCUT2D eigenvalue weighted by atomic mass is 32.2. The molecule has 0 spiro atoms. The lowest BCUT2D eigenvalue weighted by Crippen LogP contribution is -2.20. The maximum absolute atomic E-state index is 12.5. The number of nitrogens with zero attached hydrogens (tertiary/aromatic N) is 4. The predicted octanol–water partition coefficient (Wildman–Crippen LogP) is 4.44. The van der Waals surface area contributed by atoms with Crippen LogP contribution in [0.2, 0.25) is 0 Å². The molecule has 3 heterocycles. The fourth-order valence-corrected chi connectivity index (χ4v) is 5.49. The van der Waals surface area contributed by atoms with Crippen LogP contribution in [0.5, 0.6) is 5.88 Å². The molecule has 1 aliphatic carbocycles. The van der Waals surface area contributed by atoms with Crippen molar-refractivity contribution < 1.29 is 13.2 Å². The standard InChI is InChI=1S/C21H22N6O3S2/c28-32(29,26-21-22-12-13-31-21)17-8-6-15(7-9-17)24-19-14-20(25-18-10-11-23-27(18)19)30-16-4-2-1-3-5-16/h6-14,16,24H,1-5H2,(H,22,26). The Balaban J connectivity index is 1.36. The highest BCUT2D eigenvalue weighted by Gasteiger charge is 2.18. The third-order valence-corrected chi connectivity index (χ3v) is 7.44. The van der Waals surface area contributed by atoms with Gasteiger partial charge in [0.25, 0.3) is 10.0 Å². The zero-order valence-electron chi connectivity index (χ0n) is 17.1. The van der Waals surface area contributed by atoms with E-state index in [9.17, 15) is 8.42 Å². The van der Waals surface area contributed by atoms with E-state index in [1.165, 1.54) is 30.6 Å². The Bertz CT molecular complexity index is 1300. The summed E-state index contributed by atoms with van der Waals surface area (Å²) in [6.07, 6.45) is 9.11. The Morgan fingerprint density at radius 2 is 1.88 bits per heavy atom. The van der Waals surface area contributed by atoms with Gasteiger partial charge in [-0.3, -0.25) is 4.72 Å². The fraction of sp³-hybridized carbons (Fsp3) is 0.286. The Morgan fingerprint density at radius 3 is 2.62 bits per heavy atom. The van der Waals surface area contributed by atoms with Crippen molar-refractivity contribution in [2.24, 2.45) is 0 Å². The molecule has 0 radical (unpaired) electrons. The van der Waals surface area contributed by atoms with Gasteiger partial charge >= 0.3 is 0 Å². The lowest BCUT2D eigenvalue weighted by atomic mass is 9.98. The van der Waals surface area contributed by atoms with Crippen molar-refractivity contribution in [3.05, 3.63) is 54.2 Å². The molecule has 0 amide bonds. The van der Waals surface area contributed by atoms with E-state index in [-0.39, 0.29) is 11.0 Å². The van der Waals surface area contributed by atoms with E-state index >= 15 is 0 Å². The van der Waals surface area contributed by atoms with Crippen LogP contribution in [0.15, 0.2) is 59.1 Å². The summed E-state index contributed by atoms with van der Waals surface area (Å²) in [5.74, 6) is 1.24. The van der Waals surface area contributed by atoms with Gasteiger partial charge in [0.1, 0.15) is 11.9 Å². The molecule has 11 heteroatoms. The molecule has 0 atom stereocenters. The Morgan fingerprint density at radius 1 is 1.06 bits per heavy atom. The Labute approximate surface area is 189 Å². The summed E-state index contributed by atoms with van der Waals surface area (Å²) >= 11 is 1.22. The second-order valence-corrected chi connectivity index (χ2v) is 10.1. The molecule has 0 saturated heterocycles. The number of fused-ring (bicyclic) bond motifs is 1. The molecular weight excluding hydrogens is 448 g/mol. The zero-order chi connectivity index (χ0) is 22.0. The minimum Gasteiger partial charge on any atom is -0.474 e. The molecule has 0 aliphatic heterocycles. The summed E-state index contributed by atoms with van der Waals surface area (Å²) in [5, 5.41) is 9.65. The number of hydrogen-bond donors (Lipinski definition) is 2. The summed E-state index contributed by atoms with van der Waals surface area (Å²) < 4.78 is 35.4. The summed E-state index contributed by atoms with van der Waals surface area (Å²) in [6.45, 7) is 0. The van der Waals surface area contributed by atoms with Gasteiger partial charge in [-0.25, -0.2) is 13.4 Å². The van der Waals surface area contributed by atoms with Gasteiger partial charge in [0.05, 0.1) is 11.1 Å². The first-order valence-electron chi connectivity index (χ1n) is 10.4. The molecule has 9 nitrogen and oxygen atoms in total. The normalized spacial score (nSPS) is 15.0. The third-order valence-electron chi connectivity index (χ3n) is 5.27. The van der Waals surface area contributed by atoms with Crippen molar-refractivity contribution in [3.8, 4) is 5.88 Å². The first kappa shape index (κ1) is 20.7. The summed E-state index contributed by atoms with van der Waals surface area (Å²) in [5.41, 5.74) is 1.39. The number of ether oxygens (including phenoxy) is 1.